The Morgan fingerprint density at radius 1 is 1.35 bits per heavy atom. The van der Waals surface area contributed by atoms with Gasteiger partial charge in [-0.05, 0) is 49.3 Å². The van der Waals surface area contributed by atoms with E-state index in [1.165, 1.54) is 19.2 Å². The summed E-state index contributed by atoms with van der Waals surface area (Å²) in [5, 5.41) is 8.25. The SMILES string of the molecule is COC(=S)c1cc(-c2nc3ccc(F)cc3n2C2CC2)cnn1. The van der Waals surface area contributed by atoms with Crippen molar-refractivity contribution in [1.82, 2.24) is 19.7 Å². The Labute approximate surface area is 137 Å². The van der Waals surface area contributed by atoms with Crippen LogP contribution in [-0.4, -0.2) is 31.9 Å². The zero-order valence-corrected chi connectivity index (χ0v) is 13.2. The number of imidazole rings is 1. The van der Waals surface area contributed by atoms with Crippen molar-refractivity contribution in [3.63, 3.8) is 0 Å². The molecule has 116 valence electrons. The number of thiocarbonyl (C=S) groups is 1. The molecule has 0 N–H and O–H groups in total. The first-order valence-corrected chi connectivity index (χ1v) is 7.67. The van der Waals surface area contributed by atoms with Gasteiger partial charge in [-0.3, -0.25) is 0 Å². The van der Waals surface area contributed by atoms with E-state index in [0.29, 0.717) is 11.7 Å². The zero-order valence-electron chi connectivity index (χ0n) is 12.4. The van der Waals surface area contributed by atoms with Crippen LogP contribution in [0.5, 0.6) is 0 Å². The maximum Gasteiger partial charge on any atom is 0.211 e. The van der Waals surface area contributed by atoms with Gasteiger partial charge in [0.25, 0.3) is 0 Å². The third-order valence-electron chi connectivity index (χ3n) is 3.87. The molecule has 4 rings (SSSR count). The van der Waals surface area contributed by atoms with E-state index in [1.807, 2.05) is 0 Å². The Morgan fingerprint density at radius 2 is 2.17 bits per heavy atom. The average Bonchev–Trinajstić information content (AvgIpc) is 3.34. The second-order valence-corrected chi connectivity index (χ2v) is 5.86. The highest BCUT2D eigenvalue weighted by atomic mass is 32.1. The van der Waals surface area contributed by atoms with Crippen molar-refractivity contribution in [1.29, 1.82) is 0 Å². The van der Waals surface area contributed by atoms with Gasteiger partial charge >= 0.3 is 0 Å². The Kier molecular flexibility index (Phi) is 3.30. The normalized spacial score (nSPS) is 14.2. The third-order valence-corrected chi connectivity index (χ3v) is 4.25. The van der Waals surface area contributed by atoms with Crippen LogP contribution in [0, 0.1) is 5.82 Å². The minimum absolute atomic E-state index is 0.264. The smallest absolute Gasteiger partial charge is 0.211 e. The first kappa shape index (κ1) is 14.2. The van der Waals surface area contributed by atoms with E-state index in [1.54, 1.807) is 18.3 Å². The van der Waals surface area contributed by atoms with Crippen molar-refractivity contribution < 1.29 is 9.13 Å². The van der Waals surface area contributed by atoms with Crippen LogP contribution < -0.4 is 0 Å². The van der Waals surface area contributed by atoms with E-state index >= 15 is 0 Å². The van der Waals surface area contributed by atoms with Crippen molar-refractivity contribution in [3.8, 4) is 11.4 Å². The molecule has 23 heavy (non-hydrogen) atoms. The number of aromatic nitrogens is 4. The maximum absolute atomic E-state index is 13.6. The molecule has 1 aliphatic carbocycles. The number of fused-ring (bicyclic) bond motifs is 1. The molecule has 1 saturated carbocycles. The summed E-state index contributed by atoms with van der Waals surface area (Å²) in [6, 6.07) is 6.80. The van der Waals surface area contributed by atoms with Crippen molar-refractivity contribution in [2.24, 2.45) is 0 Å². The van der Waals surface area contributed by atoms with Gasteiger partial charge in [0, 0.05) is 11.6 Å². The van der Waals surface area contributed by atoms with Crippen LogP contribution in [0.1, 0.15) is 24.6 Å². The van der Waals surface area contributed by atoms with E-state index in [2.05, 4.69) is 19.7 Å². The number of benzene rings is 1. The van der Waals surface area contributed by atoms with Gasteiger partial charge in [0.1, 0.15) is 17.3 Å². The molecule has 2 heterocycles. The second-order valence-electron chi connectivity index (χ2n) is 5.49. The van der Waals surface area contributed by atoms with Gasteiger partial charge in [0.15, 0.2) is 0 Å². The number of nitrogens with zero attached hydrogens (tertiary/aromatic N) is 4. The van der Waals surface area contributed by atoms with Gasteiger partial charge in [0.05, 0.1) is 24.3 Å². The van der Waals surface area contributed by atoms with Gasteiger partial charge in [-0.25, -0.2) is 9.37 Å². The van der Waals surface area contributed by atoms with Crippen molar-refractivity contribution in [3.05, 3.63) is 42.0 Å². The van der Waals surface area contributed by atoms with Crippen LogP contribution in [-0.2, 0) is 4.74 Å². The molecule has 1 aliphatic rings. The molecule has 1 fully saturated rings. The summed E-state index contributed by atoms with van der Waals surface area (Å²) in [5.74, 6) is 0.489. The van der Waals surface area contributed by atoms with Gasteiger partial charge < -0.3 is 9.30 Å². The summed E-state index contributed by atoms with van der Waals surface area (Å²) in [6.45, 7) is 0. The first-order valence-electron chi connectivity index (χ1n) is 7.26. The largest absolute Gasteiger partial charge is 0.485 e. The van der Waals surface area contributed by atoms with E-state index < -0.39 is 0 Å². The summed E-state index contributed by atoms with van der Waals surface area (Å²) >= 11 is 5.11. The second kappa shape index (κ2) is 5.34. The molecule has 5 nitrogen and oxygen atoms in total. The van der Waals surface area contributed by atoms with Crippen LogP contribution in [0.3, 0.4) is 0 Å². The molecule has 0 atom stereocenters. The molecule has 0 saturated heterocycles. The zero-order chi connectivity index (χ0) is 16.0. The standard InChI is InChI=1S/C16H13FN4OS/c1-22-16(23)13-6-9(8-18-20-13)15-19-12-5-2-10(17)7-14(12)21(15)11-3-4-11/h2,5-8,11H,3-4H2,1H3. The lowest BCUT2D eigenvalue weighted by molar-refractivity contribution is 0.414. The fourth-order valence-corrected chi connectivity index (χ4v) is 2.77. The molecule has 0 spiro atoms. The van der Waals surface area contributed by atoms with E-state index in [0.717, 1.165) is 35.3 Å². The minimum atomic E-state index is -0.264. The summed E-state index contributed by atoms with van der Waals surface area (Å²) in [6.07, 6.45) is 3.77. The molecular weight excluding hydrogens is 315 g/mol. The lowest BCUT2D eigenvalue weighted by atomic mass is 10.2. The van der Waals surface area contributed by atoms with E-state index in [-0.39, 0.29) is 10.9 Å². The molecule has 3 aromatic rings. The van der Waals surface area contributed by atoms with Crippen molar-refractivity contribution in [2.75, 3.05) is 7.11 Å². The Bertz CT molecular complexity index is 920. The minimum Gasteiger partial charge on any atom is -0.485 e. The predicted molar refractivity (Wildman–Crippen MR) is 87.7 cm³/mol. The topological polar surface area (TPSA) is 52.8 Å². The summed E-state index contributed by atoms with van der Waals surface area (Å²) < 4.78 is 20.8. The molecule has 0 amide bonds. The molecule has 7 heteroatoms. The predicted octanol–water partition coefficient (Wildman–Crippen LogP) is 3.29. The molecule has 2 aromatic heterocycles. The molecule has 1 aromatic carbocycles. The molecular formula is C16H13FN4OS. The van der Waals surface area contributed by atoms with Crippen LogP contribution in [0.15, 0.2) is 30.5 Å². The third kappa shape index (κ3) is 2.46. The number of hydrogen-bond donors (Lipinski definition) is 0. The fourth-order valence-electron chi connectivity index (χ4n) is 2.67. The van der Waals surface area contributed by atoms with Crippen LogP contribution in [0.2, 0.25) is 0 Å². The molecule has 0 aliphatic heterocycles. The van der Waals surface area contributed by atoms with Gasteiger partial charge in [-0.15, -0.1) is 5.10 Å². The lowest BCUT2D eigenvalue weighted by Crippen LogP contribution is -2.05. The lowest BCUT2D eigenvalue weighted by Gasteiger charge is -2.08. The number of halogens is 1. The Morgan fingerprint density at radius 3 is 2.91 bits per heavy atom. The fraction of sp³-hybridized carbons (Fsp3) is 0.250. The molecule has 0 bridgehead atoms. The molecule has 0 radical (unpaired) electrons. The highest BCUT2D eigenvalue weighted by Crippen LogP contribution is 2.41. The number of methoxy groups -OCH3 is 1. The average molecular weight is 328 g/mol. The monoisotopic (exact) mass is 328 g/mol. The Balaban J connectivity index is 1.92. The van der Waals surface area contributed by atoms with Crippen LogP contribution in [0.25, 0.3) is 22.4 Å². The summed E-state index contributed by atoms with van der Waals surface area (Å²) in [4.78, 5) is 4.66. The maximum atomic E-state index is 13.6. The van der Waals surface area contributed by atoms with Gasteiger partial charge in [-0.2, -0.15) is 5.10 Å². The van der Waals surface area contributed by atoms with Crippen molar-refractivity contribution in [2.45, 2.75) is 18.9 Å². The van der Waals surface area contributed by atoms with E-state index in [4.69, 9.17) is 17.0 Å². The quantitative estimate of drug-likeness (QED) is 0.691. The summed E-state index contributed by atoms with van der Waals surface area (Å²) in [5.41, 5.74) is 2.84. The van der Waals surface area contributed by atoms with Gasteiger partial charge in [-0.1, -0.05) is 0 Å². The summed E-state index contributed by atoms with van der Waals surface area (Å²) in [7, 11) is 1.50. The molecule has 0 unspecified atom stereocenters. The van der Waals surface area contributed by atoms with Gasteiger partial charge in [0.2, 0.25) is 5.05 Å². The van der Waals surface area contributed by atoms with Crippen molar-refractivity contribution >= 4 is 28.3 Å². The Hall–Kier alpha value is -2.41. The number of ether oxygens (including phenoxy) is 1. The first-order chi connectivity index (χ1) is 11.2. The number of hydrogen-bond acceptors (Lipinski definition) is 5. The highest BCUT2D eigenvalue weighted by molar-refractivity contribution is 7.80. The number of rotatable bonds is 3. The van der Waals surface area contributed by atoms with E-state index in [9.17, 15) is 4.39 Å². The van der Waals surface area contributed by atoms with Crippen LogP contribution >= 0.6 is 12.2 Å². The van der Waals surface area contributed by atoms with Crippen LogP contribution in [0.4, 0.5) is 4.39 Å². The highest BCUT2D eigenvalue weighted by Gasteiger charge is 2.29.